The average molecular weight is 869 g/mol. The lowest BCUT2D eigenvalue weighted by molar-refractivity contribution is 0.316. The molecule has 1 unspecified atom stereocenters. The molecule has 8 nitrogen and oxygen atoms in total. The molecule has 6 rings (SSSR count). The van der Waals surface area contributed by atoms with Gasteiger partial charge in [-0.2, -0.15) is 0 Å². The second-order valence-corrected chi connectivity index (χ2v) is 29.8. The molecule has 2 aromatic carbocycles. The van der Waals surface area contributed by atoms with Crippen molar-refractivity contribution >= 4 is 61.5 Å². The van der Waals surface area contributed by atoms with Crippen molar-refractivity contribution in [3.63, 3.8) is 0 Å². The molecule has 1 aliphatic rings. The van der Waals surface area contributed by atoms with Crippen LogP contribution >= 0.6 is 11.8 Å². The minimum atomic E-state index is -2.50. The fourth-order valence-electron chi connectivity index (χ4n) is 10.3. The fraction of sp³-hybridized carbons (Fsp3) is 0.489. The van der Waals surface area contributed by atoms with E-state index >= 15 is 8.78 Å². The van der Waals surface area contributed by atoms with E-state index in [1.165, 1.54) is 17.8 Å². The number of benzene rings is 2. The number of halogens is 2. The molecule has 0 saturated carbocycles. The van der Waals surface area contributed by atoms with Crippen molar-refractivity contribution in [1.29, 1.82) is 0 Å². The molecule has 2 N–H and O–H groups in total. The number of aromatic nitrogens is 4. The van der Waals surface area contributed by atoms with Crippen molar-refractivity contribution in [2.45, 2.75) is 134 Å². The maximum Gasteiger partial charge on any atom is 0.258 e. The topological polar surface area (TPSA) is 99.3 Å². The Kier molecular flexibility index (Phi) is 13.3. The molecule has 0 bridgehead atoms. The number of hydrogen-bond acceptors (Lipinski definition) is 9. The van der Waals surface area contributed by atoms with E-state index in [1.54, 1.807) is 12.3 Å². The normalized spacial score (nSPS) is 14.1. The monoisotopic (exact) mass is 868 g/mol. The summed E-state index contributed by atoms with van der Waals surface area (Å²) in [4.78, 5) is 21.1. The summed E-state index contributed by atoms with van der Waals surface area (Å²) in [6.07, 6.45) is 3.52. The highest BCUT2D eigenvalue weighted by Gasteiger charge is 2.47. The van der Waals surface area contributed by atoms with E-state index in [0.717, 1.165) is 5.56 Å². The number of thioether (sulfide) groups is 1. The Hall–Kier alpha value is -4.26. The number of ether oxygens (including phenoxy) is 1. The van der Waals surface area contributed by atoms with Gasteiger partial charge in [0.1, 0.15) is 54.5 Å². The lowest BCUT2D eigenvalue weighted by atomic mass is 9.95. The maximum absolute atomic E-state index is 17.9. The highest BCUT2D eigenvalue weighted by Crippen LogP contribution is 2.48. The molecule has 0 fully saturated rings. The van der Waals surface area contributed by atoms with Gasteiger partial charge in [0, 0.05) is 22.7 Å². The van der Waals surface area contributed by atoms with Crippen LogP contribution in [0.3, 0.4) is 0 Å². The molecule has 0 saturated heterocycles. The van der Waals surface area contributed by atoms with Crippen molar-refractivity contribution in [3.8, 4) is 34.4 Å². The van der Waals surface area contributed by atoms with Crippen LogP contribution in [0.5, 0.6) is 11.6 Å². The number of hydrogen-bond donors (Lipinski definition) is 1. The Morgan fingerprint density at radius 2 is 1.48 bits per heavy atom. The van der Waals surface area contributed by atoms with Gasteiger partial charge in [-0.25, -0.2) is 28.7 Å². The van der Waals surface area contributed by atoms with Crippen LogP contribution in [0.2, 0.25) is 33.2 Å². The molecule has 1 aliphatic heterocycles. The van der Waals surface area contributed by atoms with E-state index in [-0.39, 0.29) is 51.9 Å². The Labute approximate surface area is 362 Å². The van der Waals surface area contributed by atoms with E-state index in [9.17, 15) is 0 Å². The third-order valence-electron chi connectivity index (χ3n) is 13.1. The smallest absolute Gasteiger partial charge is 0.258 e. The molecule has 4 heterocycles. The van der Waals surface area contributed by atoms with Gasteiger partial charge in [-0.15, -0.1) is 5.54 Å². The summed E-state index contributed by atoms with van der Waals surface area (Å²) in [5, 5.41) is 1.91. The Morgan fingerprint density at radius 3 is 2.07 bits per heavy atom. The van der Waals surface area contributed by atoms with Crippen LogP contribution in [-0.2, 0) is 0 Å². The third kappa shape index (κ3) is 7.77. The first-order valence-electron chi connectivity index (χ1n) is 21.3. The van der Waals surface area contributed by atoms with Crippen LogP contribution in [0.15, 0.2) is 47.8 Å². The van der Waals surface area contributed by atoms with Gasteiger partial charge in [0.05, 0.1) is 18.2 Å². The molecule has 0 aliphatic carbocycles. The van der Waals surface area contributed by atoms with Gasteiger partial charge in [0.15, 0.2) is 11.0 Å². The summed E-state index contributed by atoms with van der Waals surface area (Å²) in [6, 6.07) is 10.5. The van der Waals surface area contributed by atoms with Gasteiger partial charge in [-0.1, -0.05) is 113 Å². The van der Waals surface area contributed by atoms with Gasteiger partial charge in [0.2, 0.25) is 5.88 Å². The first-order chi connectivity index (χ1) is 28.3. The van der Waals surface area contributed by atoms with Gasteiger partial charge < -0.3 is 19.8 Å². The molecule has 0 radical (unpaired) electrons. The number of nitrogens with two attached hydrogens (primary N) is 1. The summed E-state index contributed by atoms with van der Waals surface area (Å²) < 4.78 is 48.2. The van der Waals surface area contributed by atoms with Crippen LogP contribution in [0.4, 0.5) is 20.4 Å². The van der Waals surface area contributed by atoms with Crippen molar-refractivity contribution < 1.29 is 17.9 Å². The molecular weight excluding hydrogens is 807 g/mol. The molecule has 320 valence electrons. The lowest BCUT2D eigenvalue weighted by Crippen LogP contribution is -2.50. The van der Waals surface area contributed by atoms with Crippen LogP contribution in [0.1, 0.15) is 107 Å². The minimum absolute atomic E-state index is 0.0118. The zero-order valence-electron chi connectivity index (χ0n) is 37.8. The second-order valence-electron chi connectivity index (χ2n) is 18.1. The summed E-state index contributed by atoms with van der Waals surface area (Å²) in [5.74, 6) is 3.97. The SMILES string of the molecule is CSc1nc2c3c(nc(-c4cc(O[Si](C(C)C)(C(C)C)C(C)C)cc5ccc(F)c(C#C[Si](C(C)C)(C(C)C)C(C)C)c45)c(F)c3n1)OCCN2C(C)c1cccnc1N. The highest BCUT2D eigenvalue weighted by molar-refractivity contribution is 7.98. The summed E-state index contributed by atoms with van der Waals surface area (Å²) in [5.41, 5.74) is 13.4. The minimum Gasteiger partial charge on any atom is -0.543 e. The van der Waals surface area contributed by atoms with Gasteiger partial charge in [-0.3, -0.25) is 0 Å². The van der Waals surface area contributed by atoms with Crippen molar-refractivity contribution in [3.05, 3.63) is 65.4 Å². The van der Waals surface area contributed by atoms with Crippen LogP contribution in [-0.4, -0.2) is 55.7 Å². The number of fused-ring (bicyclic) bond motifs is 1. The highest BCUT2D eigenvalue weighted by atomic mass is 32.2. The molecule has 0 spiro atoms. The zero-order valence-corrected chi connectivity index (χ0v) is 40.6. The van der Waals surface area contributed by atoms with E-state index in [4.69, 9.17) is 29.8 Å². The van der Waals surface area contributed by atoms with Crippen molar-refractivity contribution in [1.82, 2.24) is 19.9 Å². The Morgan fingerprint density at radius 1 is 0.833 bits per heavy atom. The van der Waals surface area contributed by atoms with Crippen LogP contribution in [0, 0.1) is 23.1 Å². The molecule has 3 aromatic heterocycles. The lowest BCUT2D eigenvalue weighted by Gasteiger charge is -2.42. The van der Waals surface area contributed by atoms with Gasteiger partial charge in [0.25, 0.3) is 8.32 Å². The predicted octanol–water partition coefficient (Wildman–Crippen LogP) is 12.9. The standard InChI is InChI=1S/C47H62F2N6O2SSi2/c1-26(2)59(27(3)4,28(5)6)23-19-36-38(48)18-17-33-24-34(57-60(29(7)8,30(9)10)31(11)12)25-37(39(33)36)42-41(49)43-40-45(54-47(53-43)58-14)55(21-22-56-46(40)52-42)32(13)35-16-15-20-51-44(35)50/h15-18,20,24-32H,21-22H2,1-14H3,(H2,50,51). The zero-order chi connectivity index (χ0) is 44.0. The predicted molar refractivity (Wildman–Crippen MR) is 251 cm³/mol. The van der Waals surface area contributed by atoms with E-state index < -0.39 is 28.0 Å². The molecule has 13 heteroatoms. The number of anilines is 2. The number of nitrogen functional groups attached to an aromatic ring is 1. The number of pyridine rings is 2. The van der Waals surface area contributed by atoms with Crippen molar-refractivity contribution in [2.24, 2.45) is 0 Å². The van der Waals surface area contributed by atoms with E-state index in [2.05, 4.69) is 99.5 Å². The van der Waals surface area contributed by atoms with Crippen LogP contribution in [0.25, 0.3) is 32.9 Å². The first-order valence-corrected chi connectivity index (χ1v) is 26.9. The first kappa shape index (κ1) is 45.3. The average Bonchev–Trinajstić information content (AvgIpc) is 3.37. The maximum atomic E-state index is 17.9. The largest absolute Gasteiger partial charge is 0.543 e. The molecule has 60 heavy (non-hydrogen) atoms. The fourth-order valence-corrected chi connectivity index (χ4v) is 21.1. The Balaban J connectivity index is 1.72. The van der Waals surface area contributed by atoms with Crippen LogP contribution < -0.4 is 19.8 Å². The summed E-state index contributed by atoms with van der Waals surface area (Å²) in [7, 11) is -4.81. The van der Waals surface area contributed by atoms with Gasteiger partial charge in [-0.05, 0) is 76.1 Å². The third-order valence-corrected chi connectivity index (χ3v) is 25.9. The molecule has 1 atom stereocenters. The molecular formula is C47H62F2N6O2SSi2. The second kappa shape index (κ2) is 17.6. The quantitative estimate of drug-likeness (QED) is 0.0569. The van der Waals surface area contributed by atoms with E-state index in [0.29, 0.717) is 67.4 Å². The number of nitrogens with zero attached hydrogens (tertiary/aromatic N) is 5. The summed E-state index contributed by atoms with van der Waals surface area (Å²) >= 11 is 1.32. The Bertz CT molecular complexity index is 2420. The molecule has 5 aromatic rings. The molecule has 0 amide bonds. The van der Waals surface area contributed by atoms with E-state index in [1.807, 2.05) is 42.3 Å². The number of rotatable bonds is 12. The van der Waals surface area contributed by atoms with Crippen molar-refractivity contribution in [2.75, 3.05) is 30.0 Å². The van der Waals surface area contributed by atoms with Gasteiger partial charge >= 0.3 is 0 Å². The summed E-state index contributed by atoms with van der Waals surface area (Å²) in [6.45, 7) is 29.5.